The van der Waals surface area contributed by atoms with E-state index in [1.807, 2.05) is 6.08 Å². The van der Waals surface area contributed by atoms with E-state index in [-0.39, 0.29) is 22.2 Å². The molecule has 184 valence electrons. The largest absolute Gasteiger partial charge is 0.492 e. The Hall–Kier alpha value is -2.29. The number of hydrogen-bond donors (Lipinski definition) is 3. The second-order valence-corrected chi connectivity index (χ2v) is 10.3. The van der Waals surface area contributed by atoms with Crippen molar-refractivity contribution in [2.45, 2.75) is 51.5 Å². The lowest BCUT2D eigenvalue weighted by molar-refractivity contribution is 0.0984. The van der Waals surface area contributed by atoms with Crippen molar-refractivity contribution in [2.24, 2.45) is 10.9 Å². The molecule has 3 heterocycles. The van der Waals surface area contributed by atoms with Gasteiger partial charge in [-0.25, -0.2) is 9.98 Å². The Morgan fingerprint density at radius 1 is 1.47 bits per heavy atom. The molecule has 0 radical (unpaired) electrons. The number of halogens is 1. The minimum Gasteiger partial charge on any atom is -0.492 e. The molecule has 0 aromatic carbocycles. The number of ether oxygens (including phenoxy) is 1. The zero-order valence-electron chi connectivity index (χ0n) is 20.0. The molecule has 3 N–H and O–H groups in total. The number of nitrogens with zero attached hydrogens (tertiary/aromatic N) is 2. The third-order valence-corrected chi connectivity index (χ3v) is 6.78. The molecular weight excluding hydrogens is 470 g/mol. The van der Waals surface area contributed by atoms with Crippen molar-refractivity contribution in [3.05, 3.63) is 59.7 Å². The molecule has 7 nitrogen and oxygen atoms in total. The quantitative estimate of drug-likeness (QED) is 0.143. The fourth-order valence-electron chi connectivity index (χ4n) is 4.03. The summed E-state index contributed by atoms with van der Waals surface area (Å²) in [5, 5.41) is 7.43. The molecule has 3 rings (SSSR count). The molecule has 2 aliphatic heterocycles. The lowest BCUT2D eigenvalue weighted by atomic mass is 9.94. The molecule has 1 aromatic heterocycles. The first kappa shape index (κ1) is 26.3. The van der Waals surface area contributed by atoms with Gasteiger partial charge in [-0.15, -0.1) is 0 Å². The van der Waals surface area contributed by atoms with Crippen LogP contribution in [0.15, 0.2) is 48.3 Å². The fourth-order valence-corrected chi connectivity index (χ4v) is 4.81. The monoisotopic (exact) mass is 503 g/mol. The summed E-state index contributed by atoms with van der Waals surface area (Å²) in [6.45, 7) is 14.8. The maximum Gasteiger partial charge on any atom is 0.264 e. The molecule has 1 aromatic rings. The molecule has 0 spiro atoms. The molecule has 1 unspecified atom stereocenters. The Labute approximate surface area is 211 Å². The number of hydrogen-bond acceptors (Lipinski definition) is 7. The Bertz CT molecular complexity index is 976. The molecule has 34 heavy (non-hydrogen) atoms. The summed E-state index contributed by atoms with van der Waals surface area (Å²) in [5.74, 6) is 1.58. The number of aliphatic imine (C=N–C) groups is 1. The highest BCUT2D eigenvalue weighted by molar-refractivity contribution is 8.13. The molecule has 1 amide bonds. The zero-order valence-corrected chi connectivity index (χ0v) is 21.5. The topological polar surface area (TPSA) is 87.6 Å². The SMILES string of the molecule is C=C/C(=N\C(=C)NCCCC1CNC(C)(C)C1)SNC(=O)c1ccc(C2=CCCCO2)nc1Cl. The second-order valence-electron chi connectivity index (χ2n) is 9.13. The smallest absolute Gasteiger partial charge is 0.264 e. The van der Waals surface area contributed by atoms with Crippen LogP contribution in [0.2, 0.25) is 5.15 Å². The van der Waals surface area contributed by atoms with Crippen molar-refractivity contribution in [1.82, 2.24) is 20.3 Å². The number of aromatic nitrogens is 1. The van der Waals surface area contributed by atoms with Gasteiger partial charge in [-0.1, -0.05) is 24.8 Å². The van der Waals surface area contributed by atoms with E-state index in [1.165, 1.54) is 6.42 Å². The zero-order chi connectivity index (χ0) is 24.6. The predicted octanol–water partition coefficient (Wildman–Crippen LogP) is 5.08. The average Bonchev–Trinajstić information content (AvgIpc) is 3.18. The maximum atomic E-state index is 12.6. The molecule has 1 atom stereocenters. The number of carbonyl (C=O) groups is 1. The standard InChI is InChI=1S/C25H34ClN5O2S/c1-5-22(29-17(2)27-13-8-9-18-15-25(3,4)28-16-18)34-31-24(32)19-11-12-20(30-23(19)26)21-10-6-7-14-33-21/h5,10-12,18,27-28H,1-2,6-9,13-16H2,3-4H3,(H,31,32)/b29-22+. The van der Waals surface area contributed by atoms with Crippen LogP contribution in [0, 0.1) is 5.92 Å². The van der Waals surface area contributed by atoms with Crippen LogP contribution in [0.5, 0.6) is 0 Å². The van der Waals surface area contributed by atoms with Crippen LogP contribution < -0.4 is 15.4 Å². The van der Waals surface area contributed by atoms with Crippen molar-refractivity contribution in [1.29, 1.82) is 0 Å². The molecule has 2 aliphatic rings. The van der Waals surface area contributed by atoms with Crippen LogP contribution in [0.25, 0.3) is 5.76 Å². The molecule has 1 saturated heterocycles. The van der Waals surface area contributed by atoms with Gasteiger partial charge < -0.3 is 15.4 Å². The molecule has 9 heteroatoms. The lowest BCUT2D eigenvalue weighted by Gasteiger charge is -2.17. The van der Waals surface area contributed by atoms with Gasteiger partial charge in [-0.3, -0.25) is 9.52 Å². The Morgan fingerprint density at radius 3 is 2.94 bits per heavy atom. The van der Waals surface area contributed by atoms with Gasteiger partial charge >= 0.3 is 0 Å². The average molecular weight is 504 g/mol. The van der Waals surface area contributed by atoms with Crippen molar-refractivity contribution in [2.75, 3.05) is 19.7 Å². The van der Waals surface area contributed by atoms with E-state index in [1.54, 1.807) is 18.2 Å². The van der Waals surface area contributed by atoms with Crippen molar-refractivity contribution < 1.29 is 9.53 Å². The number of pyridine rings is 1. The van der Waals surface area contributed by atoms with Gasteiger partial charge in [0.25, 0.3) is 5.91 Å². The summed E-state index contributed by atoms with van der Waals surface area (Å²) >= 11 is 7.32. The summed E-state index contributed by atoms with van der Waals surface area (Å²) in [6.07, 6.45) is 8.90. The summed E-state index contributed by atoms with van der Waals surface area (Å²) < 4.78 is 8.35. The molecule has 0 saturated carbocycles. The molecule has 1 fully saturated rings. The summed E-state index contributed by atoms with van der Waals surface area (Å²) in [4.78, 5) is 21.3. The van der Waals surface area contributed by atoms with Gasteiger partial charge in [0, 0.05) is 24.0 Å². The normalized spacial score (nSPS) is 19.7. The van der Waals surface area contributed by atoms with E-state index in [0.717, 1.165) is 50.7 Å². The number of amides is 1. The number of rotatable bonds is 9. The van der Waals surface area contributed by atoms with Crippen LogP contribution in [0.1, 0.15) is 62.0 Å². The van der Waals surface area contributed by atoms with Crippen LogP contribution in [-0.4, -0.2) is 41.2 Å². The van der Waals surface area contributed by atoms with Crippen LogP contribution >= 0.6 is 23.5 Å². The molecule has 0 aliphatic carbocycles. The van der Waals surface area contributed by atoms with E-state index >= 15 is 0 Å². The van der Waals surface area contributed by atoms with Gasteiger partial charge in [0.2, 0.25) is 0 Å². The summed E-state index contributed by atoms with van der Waals surface area (Å²) in [5.41, 5.74) is 1.15. The van der Waals surface area contributed by atoms with E-state index in [9.17, 15) is 4.79 Å². The highest BCUT2D eigenvalue weighted by Gasteiger charge is 2.29. The van der Waals surface area contributed by atoms with Gasteiger partial charge in [0.1, 0.15) is 27.5 Å². The highest BCUT2D eigenvalue weighted by Crippen LogP contribution is 2.26. The fraction of sp³-hybridized carbons (Fsp3) is 0.480. The minimum atomic E-state index is -0.367. The summed E-state index contributed by atoms with van der Waals surface area (Å²) in [7, 11) is 0. The Morgan fingerprint density at radius 2 is 2.29 bits per heavy atom. The van der Waals surface area contributed by atoms with Crippen molar-refractivity contribution in [3.8, 4) is 0 Å². The molecular formula is C25H34ClN5O2S. The number of carbonyl (C=O) groups excluding carboxylic acids is 1. The summed E-state index contributed by atoms with van der Waals surface area (Å²) in [6, 6.07) is 3.38. The first-order chi connectivity index (χ1) is 16.3. The Kier molecular flexibility index (Phi) is 9.62. The van der Waals surface area contributed by atoms with Crippen molar-refractivity contribution >= 4 is 40.3 Å². The van der Waals surface area contributed by atoms with Crippen LogP contribution in [-0.2, 0) is 4.74 Å². The Balaban J connectivity index is 1.44. The second kappa shape index (κ2) is 12.4. The van der Waals surface area contributed by atoms with E-state index in [4.69, 9.17) is 16.3 Å². The number of allylic oxidation sites excluding steroid dienone is 1. The van der Waals surface area contributed by atoms with Crippen molar-refractivity contribution in [3.63, 3.8) is 0 Å². The van der Waals surface area contributed by atoms with Gasteiger partial charge in [-0.05, 0) is 82.7 Å². The van der Waals surface area contributed by atoms with Gasteiger partial charge in [0.15, 0.2) is 0 Å². The predicted molar refractivity (Wildman–Crippen MR) is 142 cm³/mol. The van der Waals surface area contributed by atoms with Crippen LogP contribution in [0.4, 0.5) is 0 Å². The third kappa shape index (κ3) is 7.89. The van der Waals surface area contributed by atoms with Crippen LogP contribution in [0.3, 0.4) is 0 Å². The van der Waals surface area contributed by atoms with Gasteiger partial charge in [0.05, 0.1) is 12.2 Å². The van der Waals surface area contributed by atoms with E-state index in [0.29, 0.717) is 34.8 Å². The third-order valence-electron chi connectivity index (χ3n) is 5.74. The van der Waals surface area contributed by atoms with Gasteiger partial charge in [-0.2, -0.15) is 0 Å². The first-order valence-corrected chi connectivity index (χ1v) is 12.8. The molecule has 0 bridgehead atoms. The van der Waals surface area contributed by atoms with E-state index < -0.39 is 0 Å². The van der Waals surface area contributed by atoms with E-state index in [2.05, 4.69) is 52.3 Å². The first-order valence-electron chi connectivity index (χ1n) is 11.6. The lowest BCUT2D eigenvalue weighted by Crippen LogP contribution is -2.31. The maximum absolute atomic E-state index is 12.6. The highest BCUT2D eigenvalue weighted by atomic mass is 35.5. The number of nitrogens with one attached hydrogen (secondary N) is 3. The minimum absolute atomic E-state index is 0.120.